The van der Waals surface area contributed by atoms with Crippen molar-refractivity contribution in [2.24, 2.45) is 11.3 Å². The van der Waals surface area contributed by atoms with Crippen molar-refractivity contribution in [3.8, 4) is 0 Å². The lowest BCUT2D eigenvalue weighted by molar-refractivity contribution is -0.156. The van der Waals surface area contributed by atoms with E-state index in [1.165, 1.54) is 18.3 Å². The molecule has 2 atom stereocenters. The van der Waals surface area contributed by atoms with Crippen molar-refractivity contribution in [3.05, 3.63) is 35.5 Å². The van der Waals surface area contributed by atoms with Crippen molar-refractivity contribution in [1.29, 1.82) is 0 Å². The summed E-state index contributed by atoms with van der Waals surface area (Å²) in [5.74, 6) is -0.160. The Labute approximate surface area is 151 Å². The van der Waals surface area contributed by atoms with E-state index in [-0.39, 0.29) is 17.9 Å². The van der Waals surface area contributed by atoms with Crippen LogP contribution in [0.1, 0.15) is 58.8 Å². The van der Waals surface area contributed by atoms with Gasteiger partial charge >= 0.3 is 11.9 Å². The van der Waals surface area contributed by atoms with Gasteiger partial charge in [0.05, 0.1) is 12.5 Å². The molecule has 0 aromatic carbocycles. The zero-order valence-electron chi connectivity index (χ0n) is 15.7. The van der Waals surface area contributed by atoms with Gasteiger partial charge in [0.15, 0.2) is 0 Å². The van der Waals surface area contributed by atoms with Gasteiger partial charge in [-0.2, -0.15) is 0 Å². The zero-order valence-corrected chi connectivity index (χ0v) is 15.7. The molecular formula is C21H30O4. The lowest BCUT2D eigenvalue weighted by Gasteiger charge is -2.40. The first-order valence-corrected chi connectivity index (χ1v) is 9.14. The summed E-state index contributed by atoms with van der Waals surface area (Å²) in [7, 11) is 1.47. The van der Waals surface area contributed by atoms with Crippen LogP contribution in [-0.2, 0) is 19.1 Å². The fourth-order valence-corrected chi connectivity index (χ4v) is 4.02. The van der Waals surface area contributed by atoms with Crippen LogP contribution in [0, 0.1) is 11.3 Å². The third kappa shape index (κ3) is 4.83. The number of esters is 2. The summed E-state index contributed by atoms with van der Waals surface area (Å²) in [6, 6.07) is 0. The average Bonchev–Trinajstić information content (AvgIpc) is 2.99. The van der Waals surface area contributed by atoms with Gasteiger partial charge in [-0.1, -0.05) is 23.8 Å². The molecule has 1 fully saturated rings. The van der Waals surface area contributed by atoms with E-state index in [0.29, 0.717) is 6.61 Å². The zero-order chi connectivity index (χ0) is 18.4. The third-order valence-electron chi connectivity index (χ3n) is 5.62. The SMILES string of the molecule is C=C1CCCC(C)(C(=O)OC)C1CC/C(C)=C/CCC1=CC(=O)OC1. The number of cyclic esters (lactones) is 1. The Kier molecular flexibility index (Phi) is 6.63. The summed E-state index contributed by atoms with van der Waals surface area (Å²) >= 11 is 0. The van der Waals surface area contributed by atoms with Gasteiger partial charge < -0.3 is 9.47 Å². The van der Waals surface area contributed by atoms with Crippen LogP contribution in [0.5, 0.6) is 0 Å². The molecule has 0 N–H and O–H groups in total. The van der Waals surface area contributed by atoms with Gasteiger partial charge in [-0.3, -0.25) is 4.79 Å². The van der Waals surface area contributed by atoms with Crippen LogP contribution in [0.4, 0.5) is 0 Å². The smallest absolute Gasteiger partial charge is 0.331 e. The second-order valence-electron chi connectivity index (χ2n) is 7.51. The molecule has 0 bridgehead atoms. The maximum Gasteiger partial charge on any atom is 0.331 e. The highest BCUT2D eigenvalue weighted by molar-refractivity contribution is 5.85. The van der Waals surface area contributed by atoms with E-state index < -0.39 is 5.41 Å². The van der Waals surface area contributed by atoms with Crippen LogP contribution >= 0.6 is 0 Å². The van der Waals surface area contributed by atoms with Gasteiger partial charge in [0.1, 0.15) is 6.61 Å². The number of carbonyl (C=O) groups excluding carboxylic acids is 2. The van der Waals surface area contributed by atoms with Crippen molar-refractivity contribution >= 4 is 11.9 Å². The topological polar surface area (TPSA) is 52.6 Å². The Morgan fingerprint density at radius 3 is 2.92 bits per heavy atom. The Morgan fingerprint density at radius 2 is 2.28 bits per heavy atom. The molecule has 4 nitrogen and oxygen atoms in total. The van der Waals surface area contributed by atoms with E-state index in [9.17, 15) is 9.59 Å². The fourth-order valence-electron chi connectivity index (χ4n) is 4.02. The highest BCUT2D eigenvalue weighted by atomic mass is 16.5. The molecule has 1 heterocycles. The molecule has 2 unspecified atom stereocenters. The lowest BCUT2D eigenvalue weighted by Crippen LogP contribution is -2.40. The van der Waals surface area contributed by atoms with Crippen LogP contribution in [0.25, 0.3) is 0 Å². The van der Waals surface area contributed by atoms with E-state index in [1.54, 1.807) is 6.08 Å². The molecule has 0 radical (unpaired) electrons. The Balaban J connectivity index is 1.89. The standard InChI is InChI=1S/C21H30O4/c1-15(7-5-9-17-13-19(22)25-14-17)10-11-18-16(2)8-6-12-21(18,3)20(23)24-4/h7,13,18H,2,5-6,8-12,14H2,1,3-4H3/b15-7+. The molecule has 25 heavy (non-hydrogen) atoms. The summed E-state index contributed by atoms with van der Waals surface area (Å²) in [6.45, 7) is 8.82. The summed E-state index contributed by atoms with van der Waals surface area (Å²) in [5, 5.41) is 0. The van der Waals surface area contributed by atoms with Crippen molar-refractivity contribution in [3.63, 3.8) is 0 Å². The number of methoxy groups -OCH3 is 1. The molecule has 1 aliphatic heterocycles. The van der Waals surface area contributed by atoms with Crippen molar-refractivity contribution in [2.45, 2.75) is 58.8 Å². The molecule has 138 valence electrons. The van der Waals surface area contributed by atoms with Crippen LogP contribution in [0.15, 0.2) is 35.5 Å². The third-order valence-corrected chi connectivity index (χ3v) is 5.62. The molecule has 0 saturated heterocycles. The highest BCUT2D eigenvalue weighted by Crippen LogP contribution is 2.46. The van der Waals surface area contributed by atoms with Gasteiger partial charge in [-0.25, -0.2) is 4.79 Å². The number of carbonyl (C=O) groups is 2. The molecule has 2 aliphatic rings. The molecule has 0 amide bonds. The normalized spacial score (nSPS) is 27.1. The minimum absolute atomic E-state index is 0.113. The average molecular weight is 346 g/mol. The minimum atomic E-state index is -0.448. The first-order chi connectivity index (χ1) is 11.9. The monoisotopic (exact) mass is 346 g/mol. The first-order valence-electron chi connectivity index (χ1n) is 9.14. The fraction of sp³-hybridized carbons (Fsp3) is 0.619. The van der Waals surface area contributed by atoms with Crippen molar-refractivity contribution in [1.82, 2.24) is 0 Å². The highest BCUT2D eigenvalue weighted by Gasteiger charge is 2.45. The number of rotatable bonds is 7. The molecule has 4 heteroatoms. The Morgan fingerprint density at radius 1 is 1.52 bits per heavy atom. The molecule has 0 spiro atoms. The Hall–Kier alpha value is -1.84. The van der Waals surface area contributed by atoms with E-state index >= 15 is 0 Å². The quantitative estimate of drug-likeness (QED) is 0.503. The van der Waals surface area contributed by atoms with Crippen LogP contribution in [0.2, 0.25) is 0 Å². The van der Waals surface area contributed by atoms with Crippen LogP contribution in [0.3, 0.4) is 0 Å². The van der Waals surface area contributed by atoms with Gasteiger partial charge in [0.2, 0.25) is 0 Å². The number of hydrogen-bond acceptors (Lipinski definition) is 4. The summed E-state index contributed by atoms with van der Waals surface area (Å²) < 4.78 is 9.98. The van der Waals surface area contributed by atoms with Gasteiger partial charge in [0, 0.05) is 6.08 Å². The van der Waals surface area contributed by atoms with E-state index in [0.717, 1.165) is 50.5 Å². The lowest BCUT2D eigenvalue weighted by atomic mass is 9.63. The largest absolute Gasteiger partial charge is 0.469 e. The number of allylic oxidation sites excluding steroid dienone is 3. The summed E-state index contributed by atoms with van der Waals surface area (Å²) in [5.41, 5.74) is 3.11. The maximum absolute atomic E-state index is 12.3. The van der Waals surface area contributed by atoms with E-state index in [4.69, 9.17) is 9.47 Å². The molecule has 0 aromatic rings. The van der Waals surface area contributed by atoms with Crippen LogP contribution < -0.4 is 0 Å². The van der Waals surface area contributed by atoms with Crippen molar-refractivity contribution in [2.75, 3.05) is 13.7 Å². The molecule has 2 rings (SSSR count). The molecule has 1 saturated carbocycles. The summed E-state index contributed by atoms with van der Waals surface area (Å²) in [4.78, 5) is 23.4. The predicted molar refractivity (Wildman–Crippen MR) is 97.9 cm³/mol. The second kappa shape index (κ2) is 8.50. The van der Waals surface area contributed by atoms with Crippen molar-refractivity contribution < 1.29 is 19.1 Å². The first kappa shape index (κ1) is 19.5. The Bertz CT molecular complexity index is 599. The molecule has 0 aromatic heterocycles. The molecular weight excluding hydrogens is 316 g/mol. The van der Waals surface area contributed by atoms with E-state index in [1.807, 2.05) is 6.92 Å². The van der Waals surface area contributed by atoms with E-state index in [2.05, 4.69) is 19.6 Å². The summed E-state index contributed by atoms with van der Waals surface area (Å²) in [6.07, 6.45) is 10.3. The minimum Gasteiger partial charge on any atom is -0.469 e. The van der Waals surface area contributed by atoms with Gasteiger partial charge in [-0.05, 0) is 70.3 Å². The number of hydrogen-bond donors (Lipinski definition) is 0. The van der Waals surface area contributed by atoms with Crippen LogP contribution in [-0.4, -0.2) is 25.7 Å². The maximum atomic E-state index is 12.3. The predicted octanol–water partition coefficient (Wildman–Crippen LogP) is 4.51. The van der Waals surface area contributed by atoms with Gasteiger partial charge in [0.25, 0.3) is 0 Å². The second-order valence-corrected chi connectivity index (χ2v) is 7.51. The molecule has 1 aliphatic carbocycles. The number of ether oxygens (including phenoxy) is 2. The van der Waals surface area contributed by atoms with Gasteiger partial charge in [-0.15, -0.1) is 0 Å².